The maximum atomic E-state index is 13.3. The number of fused-ring (bicyclic) bond motifs is 6. The van der Waals surface area contributed by atoms with Crippen LogP contribution >= 0.6 is 0 Å². The highest BCUT2D eigenvalue weighted by molar-refractivity contribution is 7.83. The Morgan fingerprint density at radius 1 is 0.694 bits per heavy atom. The van der Waals surface area contributed by atoms with Crippen LogP contribution in [0, 0.1) is 0 Å². The Balaban J connectivity index is 0.00000128. The Labute approximate surface area is 280 Å². The standard InChI is InChI=1S/C30H26N2O13.C2H6OS/c33-21-7-23-19(5-15(21)9-31(11-25(35)36)12-26(37)38)30(18-4-2-1-3-17(18)29(43)45-30)20-6-16(22(34)8-24(20)44-23)10-32(13-27(39)40)14-28(41)42;1-4(2)3/h1-8,33-34H,9-14H2,(H,35,36)(H,37,38)(H,39,40)(H,41,42);1-2H3. The topological polar surface area (TPSA) is 249 Å². The molecule has 3 aromatic rings. The first-order valence-corrected chi connectivity index (χ1v) is 16.3. The summed E-state index contributed by atoms with van der Waals surface area (Å²) in [7, 11) is -0.611. The lowest BCUT2D eigenvalue weighted by Crippen LogP contribution is -2.36. The highest BCUT2D eigenvalue weighted by Gasteiger charge is 2.54. The number of aromatic hydroxyl groups is 2. The second kappa shape index (κ2) is 14.7. The van der Waals surface area contributed by atoms with Gasteiger partial charge in [0.05, 0.1) is 31.7 Å². The van der Waals surface area contributed by atoms with E-state index in [1.54, 1.807) is 30.7 Å². The van der Waals surface area contributed by atoms with Gasteiger partial charge in [0.2, 0.25) is 0 Å². The number of benzene rings is 3. The van der Waals surface area contributed by atoms with Crippen molar-refractivity contribution in [2.45, 2.75) is 18.7 Å². The van der Waals surface area contributed by atoms with Crippen LogP contribution in [0.1, 0.15) is 38.2 Å². The van der Waals surface area contributed by atoms with Gasteiger partial charge in [0.25, 0.3) is 0 Å². The molecule has 0 unspecified atom stereocenters. The predicted octanol–water partition coefficient (Wildman–Crippen LogP) is 1.60. The van der Waals surface area contributed by atoms with Gasteiger partial charge in [0, 0.05) is 76.4 Å². The van der Waals surface area contributed by atoms with Gasteiger partial charge in [0.15, 0.2) is 5.60 Å². The van der Waals surface area contributed by atoms with Crippen LogP contribution in [0.5, 0.6) is 23.0 Å². The number of nitrogens with zero attached hydrogens (tertiary/aromatic N) is 2. The number of hydrogen-bond acceptors (Lipinski definition) is 12. The van der Waals surface area contributed by atoms with Crippen molar-refractivity contribution < 1.29 is 68.3 Å². The largest absolute Gasteiger partial charge is 0.507 e. The van der Waals surface area contributed by atoms with E-state index in [4.69, 9.17) is 9.47 Å². The molecule has 0 saturated heterocycles. The third-order valence-electron chi connectivity index (χ3n) is 7.34. The van der Waals surface area contributed by atoms with Gasteiger partial charge in [-0.25, -0.2) is 4.79 Å². The molecule has 49 heavy (non-hydrogen) atoms. The zero-order valence-corrected chi connectivity index (χ0v) is 26.9. The Kier molecular flexibility index (Phi) is 10.9. The van der Waals surface area contributed by atoms with Gasteiger partial charge in [-0.1, -0.05) is 18.2 Å². The SMILES string of the molecule is CS(C)=O.O=C(O)CN(CC(=O)O)Cc1cc2c(cc1O)Oc1cc(O)c(CN(CC(=O)O)CC(=O)O)cc1C21OC(=O)c2ccccc21. The monoisotopic (exact) mass is 700 g/mol. The Bertz CT molecular complexity index is 1730. The van der Waals surface area contributed by atoms with Gasteiger partial charge in [-0.05, 0) is 18.2 Å². The lowest BCUT2D eigenvalue weighted by atomic mass is 9.76. The molecule has 0 fully saturated rings. The van der Waals surface area contributed by atoms with E-state index in [1.807, 2.05) is 0 Å². The number of rotatable bonds is 12. The quantitative estimate of drug-likeness (QED) is 0.147. The highest BCUT2D eigenvalue weighted by atomic mass is 32.2. The molecule has 6 N–H and O–H groups in total. The third kappa shape index (κ3) is 8.14. The Morgan fingerprint density at radius 2 is 1.08 bits per heavy atom. The van der Waals surface area contributed by atoms with E-state index in [2.05, 4.69) is 0 Å². The van der Waals surface area contributed by atoms with E-state index in [9.17, 15) is 58.8 Å². The van der Waals surface area contributed by atoms with Crippen LogP contribution in [0.2, 0.25) is 0 Å². The van der Waals surface area contributed by atoms with Crippen LogP contribution in [0.25, 0.3) is 0 Å². The predicted molar refractivity (Wildman–Crippen MR) is 169 cm³/mol. The smallest absolute Gasteiger partial charge is 0.340 e. The maximum absolute atomic E-state index is 13.3. The average molecular weight is 701 g/mol. The van der Waals surface area contributed by atoms with Crippen molar-refractivity contribution in [2.24, 2.45) is 0 Å². The minimum Gasteiger partial charge on any atom is -0.507 e. The molecule has 17 heteroatoms. The first-order chi connectivity index (χ1) is 23.0. The van der Waals surface area contributed by atoms with Crippen molar-refractivity contribution >= 4 is 40.6 Å². The molecule has 2 aliphatic rings. The molecule has 0 bridgehead atoms. The van der Waals surface area contributed by atoms with E-state index in [-0.39, 0.29) is 63.9 Å². The first kappa shape index (κ1) is 36.3. The number of carboxylic acids is 4. The second-order valence-corrected chi connectivity index (χ2v) is 12.8. The van der Waals surface area contributed by atoms with Crippen molar-refractivity contribution in [2.75, 3.05) is 38.7 Å². The maximum Gasteiger partial charge on any atom is 0.340 e. The third-order valence-corrected chi connectivity index (χ3v) is 7.34. The number of phenols is 2. The van der Waals surface area contributed by atoms with Crippen molar-refractivity contribution in [3.05, 3.63) is 81.9 Å². The molecule has 0 aromatic heterocycles. The number of phenolic OH excluding ortho intramolecular Hbond substituents is 2. The second-order valence-electron chi connectivity index (χ2n) is 11.3. The molecule has 2 heterocycles. The van der Waals surface area contributed by atoms with Crippen LogP contribution in [-0.4, -0.2) is 113 Å². The molecular formula is C32H32N2O14S. The van der Waals surface area contributed by atoms with Crippen LogP contribution in [0.3, 0.4) is 0 Å². The molecule has 0 atom stereocenters. The fraction of sp³-hybridized carbons (Fsp3) is 0.281. The number of carboxylic acid groups (broad SMARTS) is 4. The lowest BCUT2D eigenvalue weighted by molar-refractivity contribution is -0.144. The highest BCUT2D eigenvalue weighted by Crippen LogP contribution is 2.58. The fourth-order valence-corrected chi connectivity index (χ4v) is 5.66. The molecule has 2 aliphatic heterocycles. The van der Waals surface area contributed by atoms with Crippen molar-refractivity contribution in [1.82, 2.24) is 9.80 Å². The Hall–Kier alpha value is -5.52. The summed E-state index contributed by atoms with van der Waals surface area (Å²) in [4.78, 5) is 61.0. The van der Waals surface area contributed by atoms with Crippen molar-refractivity contribution in [1.29, 1.82) is 0 Å². The molecule has 0 saturated carbocycles. The first-order valence-electron chi connectivity index (χ1n) is 14.3. The molecule has 0 radical (unpaired) electrons. The van der Waals surface area contributed by atoms with E-state index in [1.165, 1.54) is 30.3 Å². The minimum atomic E-state index is -1.75. The average Bonchev–Trinajstić information content (AvgIpc) is 3.26. The number of ether oxygens (including phenoxy) is 2. The zero-order valence-electron chi connectivity index (χ0n) is 26.1. The summed E-state index contributed by atoms with van der Waals surface area (Å²) in [5.41, 5.74) is -0.636. The number of hydrogen-bond donors (Lipinski definition) is 6. The summed E-state index contributed by atoms with van der Waals surface area (Å²) in [5.74, 6) is -6.62. The number of carbonyl (C=O) groups is 5. The summed E-state index contributed by atoms with van der Waals surface area (Å²) < 4.78 is 21.7. The van der Waals surface area contributed by atoms with Gasteiger partial charge >= 0.3 is 29.8 Å². The number of carbonyl (C=O) groups excluding carboxylic acids is 1. The van der Waals surface area contributed by atoms with E-state index in [0.717, 1.165) is 9.80 Å². The molecule has 0 aliphatic carbocycles. The van der Waals surface area contributed by atoms with Gasteiger partial charge in [0.1, 0.15) is 23.0 Å². The van der Waals surface area contributed by atoms with Crippen LogP contribution in [0.4, 0.5) is 0 Å². The zero-order chi connectivity index (χ0) is 36.2. The van der Waals surface area contributed by atoms with Crippen molar-refractivity contribution in [3.63, 3.8) is 0 Å². The molecule has 3 aromatic carbocycles. The minimum absolute atomic E-state index is 0.0156. The molecule has 0 amide bonds. The summed E-state index contributed by atoms with van der Waals surface area (Å²) in [6.45, 7) is -3.27. The van der Waals surface area contributed by atoms with Crippen molar-refractivity contribution in [3.8, 4) is 23.0 Å². The van der Waals surface area contributed by atoms with E-state index >= 15 is 0 Å². The van der Waals surface area contributed by atoms with Crippen LogP contribution in [-0.2, 0) is 53.4 Å². The lowest BCUT2D eigenvalue weighted by Gasteiger charge is -2.37. The number of aliphatic carboxylic acids is 4. The Morgan fingerprint density at radius 3 is 1.47 bits per heavy atom. The van der Waals surface area contributed by atoms with Gasteiger partial charge in [-0.2, -0.15) is 0 Å². The summed E-state index contributed by atoms with van der Waals surface area (Å²) >= 11 is 0. The van der Waals surface area contributed by atoms with E-state index in [0.29, 0.717) is 5.56 Å². The van der Waals surface area contributed by atoms with Gasteiger partial charge in [-0.15, -0.1) is 0 Å². The molecule has 1 spiro atoms. The normalized spacial score (nSPS) is 13.5. The molecular weight excluding hydrogens is 668 g/mol. The van der Waals surface area contributed by atoms with Crippen LogP contribution in [0.15, 0.2) is 48.5 Å². The van der Waals surface area contributed by atoms with Crippen LogP contribution < -0.4 is 4.74 Å². The summed E-state index contributed by atoms with van der Waals surface area (Å²) in [5, 5.41) is 59.0. The van der Waals surface area contributed by atoms with Gasteiger partial charge in [-0.3, -0.25) is 33.2 Å². The number of esters is 1. The molecule has 260 valence electrons. The molecule has 5 rings (SSSR count). The molecule has 16 nitrogen and oxygen atoms in total. The fourth-order valence-electron chi connectivity index (χ4n) is 5.66. The van der Waals surface area contributed by atoms with Gasteiger partial charge < -0.3 is 40.1 Å². The summed E-state index contributed by atoms with van der Waals surface area (Å²) in [6, 6.07) is 11.7. The summed E-state index contributed by atoms with van der Waals surface area (Å²) in [6.07, 6.45) is 3.28. The van der Waals surface area contributed by atoms with E-state index < -0.39 is 72.4 Å².